The van der Waals surface area contributed by atoms with E-state index in [1.165, 1.54) is 11.4 Å². The third-order valence-corrected chi connectivity index (χ3v) is 5.05. The molecule has 0 unspecified atom stereocenters. The molecule has 2 aliphatic heterocycles. The van der Waals surface area contributed by atoms with Crippen molar-refractivity contribution in [3.8, 4) is 0 Å². The van der Waals surface area contributed by atoms with Gasteiger partial charge >= 0.3 is 0 Å². The molecule has 0 bridgehead atoms. The van der Waals surface area contributed by atoms with E-state index >= 15 is 0 Å². The molecule has 0 aliphatic carbocycles. The van der Waals surface area contributed by atoms with Gasteiger partial charge in [-0.3, -0.25) is 4.90 Å². The number of likely N-dealkylation sites (tertiary alicyclic amines) is 1. The van der Waals surface area contributed by atoms with Crippen LogP contribution in [0.3, 0.4) is 0 Å². The summed E-state index contributed by atoms with van der Waals surface area (Å²) < 4.78 is 8.34. The Hall–Kier alpha value is -1.85. The lowest BCUT2D eigenvalue weighted by atomic mass is 9.97. The smallest absolute Gasteiger partial charge is 0.0945 e. The van der Waals surface area contributed by atoms with Crippen LogP contribution >= 0.6 is 0 Å². The Morgan fingerprint density at radius 3 is 3.00 bits per heavy atom. The minimum absolute atomic E-state index is 0.0328. The van der Waals surface area contributed by atoms with Gasteiger partial charge in [-0.1, -0.05) is 18.2 Å². The van der Waals surface area contributed by atoms with Crippen LogP contribution < -0.4 is 5.32 Å². The monoisotopic (exact) mass is 312 g/mol. The van der Waals surface area contributed by atoms with Crippen molar-refractivity contribution in [2.24, 2.45) is 7.05 Å². The molecule has 1 aromatic heterocycles. The number of anilines is 1. The van der Waals surface area contributed by atoms with E-state index in [0.717, 1.165) is 39.1 Å². The molecule has 2 saturated heterocycles. The number of nitrogens with zero attached hydrogens (tertiary/aromatic N) is 3. The highest BCUT2D eigenvalue weighted by Gasteiger charge is 2.45. The number of hydrogen-bond acceptors (Lipinski definition) is 4. The molecule has 2 aliphatic rings. The molecule has 1 aromatic carbocycles. The van der Waals surface area contributed by atoms with Gasteiger partial charge in [-0.2, -0.15) is 0 Å². The first-order chi connectivity index (χ1) is 11.2. The second kappa shape index (κ2) is 5.98. The number of benzene rings is 1. The van der Waals surface area contributed by atoms with Crippen LogP contribution in [0.15, 0.2) is 42.9 Å². The van der Waals surface area contributed by atoms with E-state index in [2.05, 4.69) is 51.1 Å². The van der Waals surface area contributed by atoms with E-state index in [-0.39, 0.29) is 5.60 Å². The summed E-state index contributed by atoms with van der Waals surface area (Å²) in [5, 5.41) is 3.60. The number of hydrogen-bond donors (Lipinski definition) is 1. The van der Waals surface area contributed by atoms with Crippen LogP contribution in [0.2, 0.25) is 0 Å². The van der Waals surface area contributed by atoms with E-state index in [0.29, 0.717) is 6.04 Å². The van der Waals surface area contributed by atoms with Gasteiger partial charge in [0.2, 0.25) is 0 Å². The Morgan fingerprint density at radius 2 is 2.22 bits per heavy atom. The molecule has 4 rings (SSSR count). The second-order valence-electron chi connectivity index (χ2n) is 6.86. The van der Waals surface area contributed by atoms with Crippen molar-refractivity contribution in [3.05, 3.63) is 48.5 Å². The van der Waals surface area contributed by atoms with Crippen LogP contribution in [-0.2, 0) is 18.3 Å². The molecule has 2 atom stereocenters. The van der Waals surface area contributed by atoms with Crippen molar-refractivity contribution in [3.63, 3.8) is 0 Å². The average molecular weight is 312 g/mol. The highest BCUT2D eigenvalue weighted by Crippen LogP contribution is 2.36. The van der Waals surface area contributed by atoms with Gasteiger partial charge in [0.1, 0.15) is 0 Å². The predicted molar refractivity (Wildman–Crippen MR) is 90.3 cm³/mol. The molecule has 122 valence electrons. The number of imidazole rings is 1. The lowest BCUT2D eigenvalue weighted by Gasteiger charge is -2.23. The number of aryl methyl sites for hydroxylation is 1. The summed E-state index contributed by atoms with van der Waals surface area (Å²) in [5.41, 5.74) is 2.48. The Balaban J connectivity index is 1.35. The van der Waals surface area contributed by atoms with Crippen LogP contribution in [0.4, 0.5) is 5.69 Å². The van der Waals surface area contributed by atoms with Gasteiger partial charge < -0.3 is 14.6 Å². The first kappa shape index (κ1) is 14.7. The second-order valence-corrected chi connectivity index (χ2v) is 6.86. The van der Waals surface area contributed by atoms with Crippen LogP contribution in [0.5, 0.6) is 0 Å². The number of rotatable bonds is 4. The topological polar surface area (TPSA) is 42.3 Å². The Labute approximate surface area is 137 Å². The zero-order valence-corrected chi connectivity index (χ0v) is 13.6. The van der Waals surface area contributed by atoms with Crippen molar-refractivity contribution < 1.29 is 4.74 Å². The zero-order chi connectivity index (χ0) is 15.7. The molecule has 5 heteroatoms. The summed E-state index contributed by atoms with van der Waals surface area (Å²) in [7, 11) is 2.06. The SMILES string of the molecule is Cn1cncc1CN1CC[C@]2(C[C@@H](Nc3ccccc3)CO2)C1. The van der Waals surface area contributed by atoms with E-state index in [4.69, 9.17) is 4.74 Å². The van der Waals surface area contributed by atoms with Crippen molar-refractivity contribution in [1.29, 1.82) is 0 Å². The van der Waals surface area contributed by atoms with Gasteiger partial charge in [-0.25, -0.2) is 4.98 Å². The highest BCUT2D eigenvalue weighted by atomic mass is 16.5. The van der Waals surface area contributed by atoms with Crippen molar-refractivity contribution >= 4 is 5.69 Å². The fourth-order valence-corrected chi connectivity index (χ4v) is 3.82. The van der Waals surface area contributed by atoms with Gasteiger partial charge in [-0.05, 0) is 18.6 Å². The molecular formula is C18H24N4O. The maximum Gasteiger partial charge on any atom is 0.0945 e. The van der Waals surface area contributed by atoms with Crippen LogP contribution in [0.1, 0.15) is 18.5 Å². The van der Waals surface area contributed by atoms with Crippen molar-refractivity contribution in [1.82, 2.24) is 14.5 Å². The van der Waals surface area contributed by atoms with Gasteiger partial charge in [0.15, 0.2) is 0 Å². The van der Waals surface area contributed by atoms with E-state index in [1.807, 2.05) is 18.6 Å². The third kappa shape index (κ3) is 3.12. The molecule has 1 N–H and O–H groups in total. The number of aromatic nitrogens is 2. The van der Waals surface area contributed by atoms with Gasteiger partial charge in [0.25, 0.3) is 0 Å². The fraction of sp³-hybridized carbons (Fsp3) is 0.500. The maximum atomic E-state index is 6.24. The molecule has 5 nitrogen and oxygen atoms in total. The molecule has 1 spiro atoms. The number of nitrogens with one attached hydrogen (secondary N) is 1. The lowest BCUT2D eigenvalue weighted by molar-refractivity contribution is 0.0118. The summed E-state index contributed by atoms with van der Waals surface area (Å²) in [5.74, 6) is 0. The number of para-hydroxylation sites is 1. The quantitative estimate of drug-likeness (QED) is 0.940. The van der Waals surface area contributed by atoms with E-state index in [1.54, 1.807) is 0 Å². The largest absolute Gasteiger partial charge is 0.380 e. The molecular weight excluding hydrogens is 288 g/mol. The maximum absolute atomic E-state index is 6.24. The average Bonchev–Trinajstić information content (AvgIpc) is 3.25. The summed E-state index contributed by atoms with van der Waals surface area (Å²) in [4.78, 5) is 6.69. The first-order valence-corrected chi connectivity index (χ1v) is 8.36. The van der Waals surface area contributed by atoms with Crippen molar-refractivity contribution in [2.75, 3.05) is 25.0 Å². The Morgan fingerprint density at radius 1 is 1.35 bits per heavy atom. The van der Waals surface area contributed by atoms with E-state index in [9.17, 15) is 0 Å². The number of ether oxygens (including phenoxy) is 1. The summed E-state index contributed by atoms with van der Waals surface area (Å²) in [6.07, 6.45) is 6.04. The molecule has 0 amide bonds. The third-order valence-electron chi connectivity index (χ3n) is 5.05. The van der Waals surface area contributed by atoms with Crippen LogP contribution in [0.25, 0.3) is 0 Å². The first-order valence-electron chi connectivity index (χ1n) is 8.36. The Kier molecular flexibility index (Phi) is 3.83. The summed E-state index contributed by atoms with van der Waals surface area (Å²) in [6.45, 7) is 3.88. The van der Waals surface area contributed by atoms with Gasteiger partial charge in [0.05, 0.1) is 30.3 Å². The van der Waals surface area contributed by atoms with Crippen LogP contribution in [0, 0.1) is 0 Å². The molecule has 23 heavy (non-hydrogen) atoms. The van der Waals surface area contributed by atoms with Gasteiger partial charge in [0, 0.05) is 45.0 Å². The molecule has 2 aromatic rings. The molecule has 2 fully saturated rings. The van der Waals surface area contributed by atoms with Gasteiger partial charge in [-0.15, -0.1) is 0 Å². The Bertz CT molecular complexity index is 656. The summed E-state index contributed by atoms with van der Waals surface area (Å²) in [6, 6.07) is 10.8. The highest BCUT2D eigenvalue weighted by molar-refractivity contribution is 5.43. The summed E-state index contributed by atoms with van der Waals surface area (Å²) >= 11 is 0. The predicted octanol–water partition coefficient (Wildman–Crippen LogP) is 2.27. The fourth-order valence-electron chi connectivity index (χ4n) is 3.82. The lowest BCUT2D eigenvalue weighted by Crippen LogP contribution is -2.33. The van der Waals surface area contributed by atoms with Crippen molar-refractivity contribution in [2.45, 2.75) is 31.0 Å². The van der Waals surface area contributed by atoms with E-state index < -0.39 is 0 Å². The minimum atomic E-state index is 0.0328. The zero-order valence-electron chi connectivity index (χ0n) is 13.6. The minimum Gasteiger partial charge on any atom is -0.380 e. The standard InChI is InChI=1S/C18H24N4O/c1-21-14-19-10-17(21)11-22-8-7-18(13-22)9-16(12-23-18)20-15-5-3-2-4-6-15/h2-6,10,14,16,20H,7-9,11-13H2,1H3/t16-,18+/m1/s1. The van der Waals surface area contributed by atoms with Crippen LogP contribution in [-0.4, -0.2) is 45.8 Å². The molecule has 3 heterocycles. The molecule has 0 saturated carbocycles. The molecule has 0 radical (unpaired) electrons. The normalized spacial score (nSPS) is 27.8.